The molecular formula is C41H46N4O8. The fourth-order valence-electron chi connectivity index (χ4n) is 6.87. The lowest BCUT2D eigenvalue weighted by Gasteiger charge is -2.41. The molecule has 0 radical (unpaired) electrons. The number of rotatable bonds is 15. The second-order valence-corrected chi connectivity index (χ2v) is 13.6. The van der Waals surface area contributed by atoms with Crippen LogP contribution in [-0.4, -0.2) is 70.7 Å². The van der Waals surface area contributed by atoms with Gasteiger partial charge in [-0.3, -0.25) is 24.6 Å². The van der Waals surface area contributed by atoms with Crippen molar-refractivity contribution in [3.8, 4) is 11.1 Å². The van der Waals surface area contributed by atoms with Crippen LogP contribution >= 0.6 is 0 Å². The second kappa shape index (κ2) is 18.1. The van der Waals surface area contributed by atoms with Crippen LogP contribution in [-0.2, 0) is 32.2 Å². The van der Waals surface area contributed by atoms with Gasteiger partial charge in [0, 0.05) is 81.9 Å². The first-order chi connectivity index (χ1) is 25.7. The number of carbonyl (C=O) groups is 2. The third-order valence-corrected chi connectivity index (χ3v) is 9.83. The van der Waals surface area contributed by atoms with Crippen molar-refractivity contribution in [3.05, 3.63) is 129 Å². The van der Waals surface area contributed by atoms with Gasteiger partial charge in [0.25, 0.3) is 5.69 Å². The highest BCUT2D eigenvalue weighted by molar-refractivity contribution is 5.76. The predicted octanol–water partition coefficient (Wildman–Crippen LogP) is 6.38. The average Bonchev–Trinajstić information content (AvgIpc) is 3.19. The van der Waals surface area contributed by atoms with Gasteiger partial charge in [-0.2, -0.15) is 0 Å². The van der Waals surface area contributed by atoms with E-state index in [0.29, 0.717) is 32.2 Å². The van der Waals surface area contributed by atoms with Crippen molar-refractivity contribution in [1.29, 1.82) is 0 Å². The van der Waals surface area contributed by atoms with Crippen molar-refractivity contribution in [2.24, 2.45) is 0 Å². The molecule has 2 aliphatic heterocycles. The Kier molecular flexibility index (Phi) is 12.8. The van der Waals surface area contributed by atoms with E-state index < -0.39 is 12.3 Å². The zero-order valence-corrected chi connectivity index (χ0v) is 29.6. The van der Waals surface area contributed by atoms with Crippen molar-refractivity contribution in [3.63, 3.8) is 0 Å². The molecule has 12 heteroatoms. The number of aliphatic hydroxyl groups excluding tert-OH is 1. The van der Waals surface area contributed by atoms with Gasteiger partial charge in [-0.05, 0) is 64.9 Å². The van der Waals surface area contributed by atoms with E-state index in [1.165, 1.54) is 0 Å². The Morgan fingerprint density at radius 3 is 2.21 bits per heavy atom. The number of nitrogens with one attached hydrogen (secondary N) is 1. The average molecular weight is 723 g/mol. The van der Waals surface area contributed by atoms with E-state index in [4.69, 9.17) is 14.6 Å². The van der Waals surface area contributed by atoms with Gasteiger partial charge in [0.15, 0.2) is 6.29 Å². The van der Waals surface area contributed by atoms with E-state index in [-0.39, 0.29) is 41.8 Å². The molecule has 6 rings (SSSR count). The van der Waals surface area contributed by atoms with Crippen LogP contribution in [0.1, 0.15) is 66.8 Å². The van der Waals surface area contributed by atoms with Gasteiger partial charge in [0.05, 0.1) is 23.7 Å². The Hall–Kier alpha value is -5.14. The van der Waals surface area contributed by atoms with Crippen molar-refractivity contribution in [2.45, 2.75) is 63.8 Å². The molecule has 2 fully saturated rings. The van der Waals surface area contributed by atoms with Crippen LogP contribution in [0.25, 0.3) is 11.1 Å². The number of aliphatic carboxylic acids is 1. The van der Waals surface area contributed by atoms with Gasteiger partial charge in [-0.15, -0.1) is 0 Å². The molecule has 12 nitrogen and oxygen atoms in total. The first-order valence-corrected chi connectivity index (χ1v) is 18.1. The molecule has 2 saturated heterocycles. The van der Waals surface area contributed by atoms with Crippen molar-refractivity contribution < 1.29 is 34.2 Å². The summed E-state index contributed by atoms with van der Waals surface area (Å²) in [5.74, 6) is -0.953. The molecule has 0 spiro atoms. The van der Waals surface area contributed by atoms with Crippen molar-refractivity contribution >= 4 is 23.3 Å². The number of carboxylic acid groups (broad SMARTS) is 1. The van der Waals surface area contributed by atoms with Crippen molar-refractivity contribution in [2.75, 3.05) is 37.6 Å². The molecule has 278 valence electrons. The number of benzene rings is 4. The van der Waals surface area contributed by atoms with Crippen LogP contribution in [0.4, 0.5) is 11.4 Å². The standard InChI is InChI=1S/C41H46N4O8/c46-28-29-11-13-31(14-12-29)38-25-37(27-43-19-21-44(22-20-43)35-15-17-36(18-16-35)45(50)51)52-41(53-38)34-8-4-7-33(24-34)32-6-3-5-30(23-32)26-42-39(47)9-1-2-10-40(48)49/h3-8,11-18,23-24,37-38,41,46H,1-2,9-10,19-22,25-28H2,(H,42,47)(H,48,49). The molecule has 2 heterocycles. The maximum absolute atomic E-state index is 12.3. The lowest BCUT2D eigenvalue weighted by molar-refractivity contribution is -0.384. The van der Waals surface area contributed by atoms with E-state index in [1.807, 2.05) is 72.8 Å². The van der Waals surface area contributed by atoms with E-state index >= 15 is 0 Å². The molecule has 0 aliphatic carbocycles. The number of nitro groups is 1. The number of hydrogen-bond acceptors (Lipinski definition) is 9. The van der Waals surface area contributed by atoms with E-state index in [0.717, 1.165) is 71.8 Å². The summed E-state index contributed by atoms with van der Waals surface area (Å²) in [5, 5.41) is 32.4. The molecule has 3 atom stereocenters. The van der Waals surface area contributed by atoms with Crippen LogP contribution in [0.3, 0.4) is 0 Å². The first-order valence-electron chi connectivity index (χ1n) is 18.1. The first kappa shape index (κ1) is 37.6. The minimum atomic E-state index is -0.852. The molecule has 1 amide bonds. The number of anilines is 1. The SMILES string of the molecule is O=C(O)CCCCC(=O)NCc1cccc(-c2cccc(C3OC(CN4CCN(c5ccc([N+](=O)[O-])cc5)CC4)CC(c4ccc(CO)cc4)O3)c2)c1. The van der Waals surface area contributed by atoms with Crippen LogP contribution in [0, 0.1) is 10.1 Å². The highest BCUT2D eigenvalue weighted by Crippen LogP contribution is 2.39. The summed E-state index contributed by atoms with van der Waals surface area (Å²) in [4.78, 5) is 38.4. The van der Waals surface area contributed by atoms with Gasteiger partial charge >= 0.3 is 5.97 Å². The normalized spacial score (nSPS) is 19.1. The van der Waals surface area contributed by atoms with Gasteiger partial charge in [0.2, 0.25) is 5.91 Å². The topological polar surface area (TPSA) is 155 Å². The molecule has 0 aromatic heterocycles. The van der Waals surface area contributed by atoms with Gasteiger partial charge in [-0.1, -0.05) is 60.7 Å². The second-order valence-electron chi connectivity index (χ2n) is 13.6. The molecule has 53 heavy (non-hydrogen) atoms. The highest BCUT2D eigenvalue weighted by Gasteiger charge is 2.34. The minimum absolute atomic E-state index is 0.0268. The van der Waals surface area contributed by atoms with Crippen LogP contribution < -0.4 is 10.2 Å². The third-order valence-electron chi connectivity index (χ3n) is 9.83. The molecule has 4 aromatic carbocycles. The van der Waals surface area contributed by atoms with Gasteiger partial charge < -0.3 is 29.9 Å². The minimum Gasteiger partial charge on any atom is -0.481 e. The summed E-state index contributed by atoms with van der Waals surface area (Å²) in [5.41, 5.74) is 6.76. The Bertz CT molecular complexity index is 1840. The number of amides is 1. The number of aliphatic hydroxyl groups is 1. The van der Waals surface area contributed by atoms with E-state index in [2.05, 4.69) is 27.2 Å². The molecule has 4 aromatic rings. The lowest BCUT2D eigenvalue weighted by atomic mass is 9.98. The zero-order chi connectivity index (χ0) is 37.2. The fraction of sp³-hybridized carbons (Fsp3) is 0.366. The Morgan fingerprint density at radius 2 is 1.51 bits per heavy atom. The Balaban J connectivity index is 1.12. The summed E-state index contributed by atoms with van der Waals surface area (Å²) in [6, 6.07) is 30.7. The number of nitrogens with zero attached hydrogens (tertiary/aromatic N) is 3. The molecule has 0 bridgehead atoms. The number of unbranched alkanes of at least 4 members (excludes halogenated alkanes) is 1. The monoisotopic (exact) mass is 722 g/mol. The van der Waals surface area contributed by atoms with Gasteiger partial charge in [0.1, 0.15) is 0 Å². The van der Waals surface area contributed by atoms with Gasteiger partial charge in [-0.25, -0.2) is 0 Å². The largest absolute Gasteiger partial charge is 0.481 e. The quantitative estimate of drug-likeness (QED) is 0.0715. The summed E-state index contributed by atoms with van der Waals surface area (Å²) < 4.78 is 13.3. The number of nitro benzene ring substituents is 1. The smallest absolute Gasteiger partial charge is 0.303 e. The van der Waals surface area contributed by atoms with Crippen molar-refractivity contribution in [1.82, 2.24) is 10.2 Å². The zero-order valence-electron chi connectivity index (χ0n) is 29.6. The summed E-state index contributed by atoms with van der Waals surface area (Å²) in [7, 11) is 0. The number of carbonyl (C=O) groups excluding carboxylic acids is 1. The summed E-state index contributed by atoms with van der Waals surface area (Å²) >= 11 is 0. The van der Waals surface area contributed by atoms with E-state index in [9.17, 15) is 24.8 Å². The summed E-state index contributed by atoms with van der Waals surface area (Å²) in [6.45, 7) is 4.33. The number of piperazine rings is 1. The molecule has 3 N–H and O–H groups in total. The third kappa shape index (κ3) is 10.5. The molecule has 3 unspecified atom stereocenters. The molecular weight excluding hydrogens is 676 g/mol. The van der Waals surface area contributed by atoms with Crippen LogP contribution in [0.15, 0.2) is 97.1 Å². The highest BCUT2D eigenvalue weighted by atomic mass is 16.7. The number of non-ortho nitro benzene ring substituents is 1. The Labute approximate surface area is 309 Å². The van der Waals surface area contributed by atoms with Crippen LogP contribution in [0.2, 0.25) is 0 Å². The maximum Gasteiger partial charge on any atom is 0.303 e. The molecule has 2 aliphatic rings. The fourth-order valence-corrected chi connectivity index (χ4v) is 6.87. The maximum atomic E-state index is 12.3. The lowest BCUT2D eigenvalue weighted by Crippen LogP contribution is -2.49. The Morgan fingerprint density at radius 1 is 0.811 bits per heavy atom. The summed E-state index contributed by atoms with van der Waals surface area (Å²) in [6.07, 6.45) is 1.11. The number of carboxylic acids is 1. The molecule has 0 saturated carbocycles. The van der Waals surface area contributed by atoms with E-state index in [1.54, 1.807) is 12.1 Å². The number of ether oxygens (including phenoxy) is 2. The van der Waals surface area contributed by atoms with Crippen LogP contribution in [0.5, 0.6) is 0 Å². The predicted molar refractivity (Wildman–Crippen MR) is 200 cm³/mol. The number of hydrogen-bond donors (Lipinski definition) is 3.